The molecular weight excluding hydrogens is 280 g/mol. The topological polar surface area (TPSA) is 32.3 Å². The third-order valence-corrected chi connectivity index (χ3v) is 5.47. The van der Waals surface area contributed by atoms with Crippen molar-refractivity contribution in [3.05, 3.63) is 40.2 Å². The highest BCUT2D eigenvalue weighted by Gasteiger charge is 2.42. The molecule has 2 saturated heterocycles. The zero-order valence-corrected chi connectivity index (χ0v) is 13.1. The van der Waals surface area contributed by atoms with Crippen molar-refractivity contribution in [3.63, 3.8) is 0 Å². The van der Waals surface area contributed by atoms with E-state index in [9.17, 15) is 0 Å². The quantitative estimate of drug-likeness (QED) is 0.872. The minimum Gasteiger partial charge on any atom is -0.350 e. The Morgan fingerprint density at radius 2 is 2.05 bits per heavy atom. The molecule has 4 nitrogen and oxygen atoms in total. The fourth-order valence-electron chi connectivity index (χ4n) is 3.72. The van der Waals surface area contributed by atoms with Gasteiger partial charge < -0.3 is 4.90 Å². The highest BCUT2D eigenvalue weighted by molar-refractivity contribution is 7.07. The molecule has 110 valence electrons. The van der Waals surface area contributed by atoms with E-state index in [2.05, 4.69) is 49.0 Å². The van der Waals surface area contributed by atoms with Gasteiger partial charge in [-0.1, -0.05) is 0 Å². The maximum Gasteiger partial charge on any atom is 0.151 e. The van der Waals surface area contributed by atoms with Crippen molar-refractivity contribution in [2.45, 2.75) is 38.4 Å². The minimum atomic E-state index is 0.612. The Balaban J connectivity index is 1.49. The van der Waals surface area contributed by atoms with Crippen LogP contribution in [0.3, 0.4) is 0 Å². The van der Waals surface area contributed by atoms with Crippen LogP contribution in [0.25, 0.3) is 0 Å². The Kier molecular flexibility index (Phi) is 3.39. The highest BCUT2D eigenvalue weighted by atomic mass is 32.1. The molecule has 0 unspecified atom stereocenters. The van der Waals surface area contributed by atoms with Crippen molar-refractivity contribution >= 4 is 17.2 Å². The van der Waals surface area contributed by atoms with Crippen LogP contribution in [-0.4, -0.2) is 40.3 Å². The zero-order chi connectivity index (χ0) is 14.2. The van der Waals surface area contributed by atoms with Crippen molar-refractivity contribution < 1.29 is 0 Å². The number of rotatable bonds is 3. The summed E-state index contributed by atoms with van der Waals surface area (Å²) in [6.07, 6.45) is 2.48. The van der Waals surface area contributed by atoms with Gasteiger partial charge in [0.05, 0.1) is 5.69 Å². The van der Waals surface area contributed by atoms with Gasteiger partial charge in [0.1, 0.15) is 0 Å². The maximum atomic E-state index is 4.38. The molecule has 21 heavy (non-hydrogen) atoms. The summed E-state index contributed by atoms with van der Waals surface area (Å²) >= 11 is 1.79. The minimum absolute atomic E-state index is 0.612. The summed E-state index contributed by atoms with van der Waals surface area (Å²) in [6, 6.07) is 7.71. The average molecular weight is 300 g/mol. The summed E-state index contributed by atoms with van der Waals surface area (Å²) in [5.41, 5.74) is 2.44. The first-order chi connectivity index (χ1) is 10.3. The number of anilines is 1. The van der Waals surface area contributed by atoms with Crippen molar-refractivity contribution in [1.29, 1.82) is 0 Å². The van der Waals surface area contributed by atoms with E-state index in [-0.39, 0.29) is 0 Å². The molecule has 2 aliphatic heterocycles. The molecular formula is C16H20N4S. The first kappa shape index (κ1) is 13.2. The zero-order valence-electron chi connectivity index (χ0n) is 12.3. The lowest BCUT2D eigenvalue weighted by atomic mass is 10.1. The Morgan fingerprint density at radius 1 is 1.14 bits per heavy atom. The van der Waals surface area contributed by atoms with Gasteiger partial charge in [0.15, 0.2) is 5.82 Å². The summed E-state index contributed by atoms with van der Waals surface area (Å²) in [4.78, 5) is 5.11. The van der Waals surface area contributed by atoms with E-state index in [1.165, 1.54) is 24.9 Å². The fraction of sp³-hybridized carbons (Fsp3) is 0.500. The van der Waals surface area contributed by atoms with Crippen LogP contribution >= 0.6 is 11.3 Å². The molecule has 0 aliphatic carbocycles. The summed E-state index contributed by atoms with van der Waals surface area (Å²) < 4.78 is 0. The number of hydrogen-bond acceptors (Lipinski definition) is 5. The molecule has 0 N–H and O–H groups in total. The molecule has 2 aromatic rings. The Morgan fingerprint density at radius 3 is 2.81 bits per heavy atom. The van der Waals surface area contributed by atoms with E-state index in [4.69, 9.17) is 0 Å². The van der Waals surface area contributed by atoms with Crippen LogP contribution in [0.1, 0.15) is 24.1 Å². The average Bonchev–Trinajstić information content (AvgIpc) is 3.20. The van der Waals surface area contributed by atoms with Crippen molar-refractivity contribution in [1.82, 2.24) is 15.1 Å². The molecule has 0 saturated carbocycles. The predicted molar refractivity (Wildman–Crippen MR) is 85.7 cm³/mol. The summed E-state index contributed by atoms with van der Waals surface area (Å²) in [7, 11) is 0. The van der Waals surface area contributed by atoms with Crippen LogP contribution in [0.15, 0.2) is 29.0 Å². The number of nitrogens with zero attached hydrogens (tertiary/aromatic N) is 4. The molecule has 0 aromatic carbocycles. The van der Waals surface area contributed by atoms with Gasteiger partial charge in [-0.2, -0.15) is 16.4 Å². The molecule has 0 radical (unpaired) electrons. The Labute approximate surface area is 129 Å². The van der Waals surface area contributed by atoms with E-state index in [1.807, 2.05) is 6.92 Å². The van der Waals surface area contributed by atoms with E-state index in [1.54, 1.807) is 11.3 Å². The molecule has 5 heteroatoms. The molecule has 2 fully saturated rings. The Hall–Kier alpha value is -1.46. The van der Waals surface area contributed by atoms with Gasteiger partial charge in [0.25, 0.3) is 0 Å². The summed E-state index contributed by atoms with van der Waals surface area (Å²) in [5.74, 6) is 1.05. The number of aromatic nitrogens is 2. The SMILES string of the molecule is Cc1ccc(N2CC[C@@H]3[C@@H]2CCN3Cc2ccsc2)nn1. The van der Waals surface area contributed by atoms with Gasteiger partial charge in [0.2, 0.25) is 0 Å². The van der Waals surface area contributed by atoms with E-state index in [0.717, 1.165) is 24.6 Å². The molecule has 2 aliphatic rings. The van der Waals surface area contributed by atoms with E-state index >= 15 is 0 Å². The molecule has 4 rings (SSSR count). The second kappa shape index (κ2) is 5.39. The van der Waals surface area contributed by atoms with Crippen LogP contribution in [0, 0.1) is 6.92 Å². The van der Waals surface area contributed by atoms with Gasteiger partial charge in [0, 0.05) is 31.7 Å². The third kappa shape index (κ3) is 2.45. The first-order valence-electron chi connectivity index (χ1n) is 7.63. The van der Waals surface area contributed by atoms with E-state index < -0.39 is 0 Å². The lowest BCUT2D eigenvalue weighted by Gasteiger charge is -2.25. The van der Waals surface area contributed by atoms with Crippen molar-refractivity contribution in [2.75, 3.05) is 18.0 Å². The van der Waals surface area contributed by atoms with Crippen molar-refractivity contribution in [2.24, 2.45) is 0 Å². The van der Waals surface area contributed by atoms with Crippen LogP contribution in [0.5, 0.6) is 0 Å². The van der Waals surface area contributed by atoms with E-state index in [0.29, 0.717) is 12.1 Å². The summed E-state index contributed by atoms with van der Waals surface area (Å²) in [5, 5.41) is 13.0. The number of fused-ring (bicyclic) bond motifs is 1. The molecule has 0 amide bonds. The third-order valence-electron chi connectivity index (χ3n) is 4.74. The van der Waals surface area contributed by atoms with Crippen LogP contribution in [0.4, 0.5) is 5.82 Å². The normalized spacial score (nSPS) is 25.5. The second-order valence-corrected chi connectivity index (χ2v) is 6.82. The van der Waals surface area contributed by atoms with Gasteiger partial charge >= 0.3 is 0 Å². The standard InChI is InChI=1S/C16H20N4S/c1-12-2-3-16(18-17-12)20-8-5-14-15(20)4-7-19(14)10-13-6-9-21-11-13/h2-3,6,9,11,14-15H,4-5,7-8,10H2,1H3/t14-,15+/m1/s1. The molecule has 0 spiro atoms. The predicted octanol–water partition coefficient (Wildman–Crippen LogP) is 2.70. The monoisotopic (exact) mass is 300 g/mol. The lowest BCUT2D eigenvalue weighted by molar-refractivity contribution is 0.246. The van der Waals surface area contributed by atoms with Gasteiger partial charge in [-0.05, 0) is 54.3 Å². The fourth-order valence-corrected chi connectivity index (χ4v) is 4.38. The van der Waals surface area contributed by atoms with Gasteiger partial charge in [-0.25, -0.2) is 0 Å². The smallest absolute Gasteiger partial charge is 0.151 e. The molecule has 2 atom stereocenters. The maximum absolute atomic E-state index is 4.38. The number of hydrogen-bond donors (Lipinski definition) is 0. The van der Waals surface area contributed by atoms with Crippen LogP contribution in [-0.2, 0) is 6.54 Å². The van der Waals surface area contributed by atoms with Crippen LogP contribution < -0.4 is 4.90 Å². The molecule has 0 bridgehead atoms. The molecule has 4 heterocycles. The second-order valence-electron chi connectivity index (χ2n) is 6.04. The summed E-state index contributed by atoms with van der Waals surface area (Å²) in [6.45, 7) is 5.38. The molecule has 2 aromatic heterocycles. The number of thiophene rings is 1. The Bertz CT molecular complexity index is 595. The van der Waals surface area contributed by atoms with Crippen LogP contribution in [0.2, 0.25) is 0 Å². The highest BCUT2D eigenvalue weighted by Crippen LogP contribution is 2.35. The van der Waals surface area contributed by atoms with Gasteiger partial charge in [-0.3, -0.25) is 4.90 Å². The van der Waals surface area contributed by atoms with Gasteiger partial charge in [-0.15, -0.1) is 5.10 Å². The van der Waals surface area contributed by atoms with Crippen molar-refractivity contribution in [3.8, 4) is 0 Å². The largest absolute Gasteiger partial charge is 0.350 e. The number of likely N-dealkylation sites (tertiary alicyclic amines) is 1. The lowest BCUT2D eigenvalue weighted by Crippen LogP contribution is -2.36. The first-order valence-corrected chi connectivity index (χ1v) is 8.57. The number of aryl methyl sites for hydroxylation is 1.